The Morgan fingerprint density at radius 1 is 1.43 bits per heavy atom. The lowest BCUT2D eigenvalue weighted by Crippen LogP contribution is -2.02. The van der Waals surface area contributed by atoms with Gasteiger partial charge < -0.3 is 5.73 Å². The third kappa shape index (κ3) is 3.71. The number of hydrogen-bond acceptors (Lipinski definition) is 3. The monoisotopic (exact) mass is 206 g/mol. The van der Waals surface area contributed by atoms with Gasteiger partial charge in [0.25, 0.3) is 0 Å². The molecule has 0 amide bonds. The van der Waals surface area contributed by atoms with Crippen molar-refractivity contribution in [2.24, 2.45) is 5.92 Å². The van der Waals surface area contributed by atoms with Gasteiger partial charge in [-0.25, -0.2) is 0 Å². The van der Waals surface area contributed by atoms with E-state index >= 15 is 0 Å². The molecule has 0 saturated carbocycles. The largest absolute Gasteiger partial charge is 0.399 e. The van der Waals surface area contributed by atoms with E-state index in [4.69, 9.17) is 11.0 Å². The molecule has 0 aliphatic heterocycles. The smallest absolute Gasteiger partial charge is 0.133 e. The SMILES string of the molecule is CC(CSC#N)Cc1ccc(N)cc1. The number of nitrogens with two attached hydrogens (primary N) is 1. The standard InChI is InChI=1S/C11H14N2S/c1-9(7-14-8-12)6-10-2-4-11(13)5-3-10/h2-5,9H,6-7,13H2,1H3. The molecule has 1 atom stereocenters. The first-order valence-corrected chi connectivity index (χ1v) is 5.56. The molecule has 74 valence electrons. The van der Waals surface area contributed by atoms with Crippen LogP contribution in [-0.2, 0) is 6.42 Å². The van der Waals surface area contributed by atoms with E-state index in [0.717, 1.165) is 17.9 Å². The van der Waals surface area contributed by atoms with Crippen LogP contribution in [0.15, 0.2) is 24.3 Å². The van der Waals surface area contributed by atoms with Gasteiger partial charge in [0, 0.05) is 11.4 Å². The highest BCUT2D eigenvalue weighted by molar-refractivity contribution is 8.03. The first-order valence-electron chi connectivity index (χ1n) is 4.57. The first kappa shape index (κ1) is 10.9. The number of rotatable bonds is 4. The first-order chi connectivity index (χ1) is 6.72. The normalized spacial score (nSPS) is 12.0. The molecule has 0 spiro atoms. The minimum absolute atomic E-state index is 0.531. The molecule has 0 aliphatic carbocycles. The quantitative estimate of drug-likeness (QED) is 0.608. The maximum Gasteiger partial charge on any atom is 0.133 e. The Hall–Kier alpha value is -1.14. The second-order valence-corrected chi connectivity index (χ2v) is 4.26. The van der Waals surface area contributed by atoms with E-state index in [1.165, 1.54) is 17.3 Å². The van der Waals surface area contributed by atoms with Crippen molar-refractivity contribution in [3.63, 3.8) is 0 Å². The zero-order valence-corrected chi connectivity index (χ0v) is 9.05. The molecule has 0 bridgehead atoms. The number of nitriles is 1. The highest BCUT2D eigenvalue weighted by Crippen LogP contribution is 2.14. The maximum atomic E-state index is 8.41. The number of hydrogen-bond donors (Lipinski definition) is 1. The predicted molar refractivity (Wildman–Crippen MR) is 61.8 cm³/mol. The van der Waals surface area contributed by atoms with Gasteiger partial charge >= 0.3 is 0 Å². The average molecular weight is 206 g/mol. The Kier molecular flexibility index (Phi) is 4.34. The summed E-state index contributed by atoms with van der Waals surface area (Å²) >= 11 is 1.32. The summed E-state index contributed by atoms with van der Waals surface area (Å²) in [6.45, 7) is 2.15. The number of thiocyanates is 1. The molecular weight excluding hydrogens is 192 g/mol. The van der Waals surface area contributed by atoms with Gasteiger partial charge in [0.05, 0.1) is 0 Å². The second-order valence-electron chi connectivity index (χ2n) is 3.45. The number of nitrogen functional groups attached to an aromatic ring is 1. The number of nitrogens with zero attached hydrogens (tertiary/aromatic N) is 1. The summed E-state index contributed by atoms with van der Waals surface area (Å²) in [7, 11) is 0. The Morgan fingerprint density at radius 2 is 2.07 bits per heavy atom. The van der Waals surface area contributed by atoms with Crippen molar-refractivity contribution in [2.75, 3.05) is 11.5 Å². The molecule has 2 N–H and O–H groups in total. The fourth-order valence-electron chi connectivity index (χ4n) is 1.29. The summed E-state index contributed by atoms with van der Waals surface area (Å²) in [4.78, 5) is 0. The van der Waals surface area contributed by atoms with Gasteiger partial charge in [-0.1, -0.05) is 19.1 Å². The van der Waals surface area contributed by atoms with Crippen molar-refractivity contribution < 1.29 is 0 Å². The van der Waals surface area contributed by atoms with Crippen LogP contribution in [0.25, 0.3) is 0 Å². The fraction of sp³-hybridized carbons (Fsp3) is 0.364. The van der Waals surface area contributed by atoms with Crippen molar-refractivity contribution in [2.45, 2.75) is 13.3 Å². The molecule has 0 saturated heterocycles. The minimum atomic E-state index is 0.531. The van der Waals surface area contributed by atoms with Crippen LogP contribution in [0.5, 0.6) is 0 Å². The molecule has 1 aromatic carbocycles. The Balaban J connectivity index is 2.44. The molecule has 0 aliphatic rings. The molecule has 14 heavy (non-hydrogen) atoms. The number of anilines is 1. The van der Waals surface area contributed by atoms with E-state index in [0.29, 0.717) is 5.92 Å². The molecular formula is C11H14N2S. The maximum absolute atomic E-state index is 8.41. The third-order valence-corrected chi connectivity index (χ3v) is 2.86. The summed E-state index contributed by atoms with van der Waals surface area (Å²) in [6.07, 6.45) is 1.01. The van der Waals surface area contributed by atoms with Crippen LogP contribution < -0.4 is 5.73 Å². The third-order valence-electron chi connectivity index (χ3n) is 2.00. The van der Waals surface area contributed by atoms with Crippen molar-refractivity contribution in [3.8, 4) is 5.40 Å². The molecule has 0 radical (unpaired) electrons. The van der Waals surface area contributed by atoms with E-state index in [1.807, 2.05) is 24.3 Å². The summed E-state index contributed by atoms with van der Waals surface area (Å²) in [6, 6.07) is 7.92. The van der Waals surface area contributed by atoms with Gasteiger partial charge in [0.1, 0.15) is 5.40 Å². The number of thioether (sulfide) groups is 1. The van der Waals surface area contributed by atoms with Gasteiger partial charge in [-0.2, -0.15) is 5.26 Å². The van der Waals surface area contributed by atoms with Crippen molar-refractivity contribution in [1.29, 1.82) is 5.26 Å². The van der Waals surface area contributed by atoms with Crippen LogP contribution in [0.4, 0.5) is 5.69 Å². The Labute approximate surface area is 89.1 Å². The van der Waals surface area contributed by atoms with E-state index in [1.54, 1.807) is 0 Å². The topological polar surface area (TPSA) is 49.8 Å². The van der Waals surface area contributed by atoms with E-state index in [9.17, 15) is 0 Å². The lowest BCUT2D eigenvalue weighted by atomic mass is 10.0. The van der Waals surface area contributed by atoms with Crippen molar-refractivity contribution >= 4 is 17.4 Å². The Bertz CT molecular complexity index is 313. The second kappa shape index (κ2) is 5.56. The molecule has 1 unspecified atom stereocenters. The number of benzene rings is 1. The van der Waals surface area contributed by atoms with Gasteiger partial charge in [-0.3, -0.25) is 0 Å². The summed E-state index contributed by atoms with van der Waals surface area (Å²) in [5.41, 5.74) is 7.67. The van der Waals surface area contributed by atoms with E-state index in [2.05, 4.69) is 12.3 Å². The average Bonchev–Trinajstić information content (AvgIpc) is 2.18. The van der Waals surface area contributed by atoms with Gasteiger partial charge in [-0.15, -0.1) is 0 Å². The highest BCUT2D eigenvalue weighted by Gasteiger charge is 2.03. The van der Waals surface area contributed by atoms with Crippen molar-refractivity contribution in [3.05, 3.63) is 29.8 Å². The fourth-order valence-corrected chi connectivity index (χ4v) is 1.77. The molecule has 1 rings (SSSR count). The van der Waals surface area contributed by atoms with Gasteiger partial charge in [0.2, 0.25) is 0 Å². The van der Waals surface area contributed by atoms with Gasteiger partial charge in [-0.05, 0) is 41.8 Å². The minimum Gasteiger partial charge on any atom is -0.399 e. The van der Waals surface area contributed by atoms with E-state index in [-0.39, 0.29) is 0 Å². The summed E-state index contributed by atoms with van der Waals surface area (Å²) in [5, 5.41) is 10.5. The van der Waals surface area contributed by atoms with Crippen LogP contribution in [0, 0.1) is 16.6 Å². The van der Waals surface area contributed by atoms with Gasteiger partial charge in [0.15, 0.2) is 0 Å². The molecule has 1 aromatic rings. The van der Waals surface area contributed by atoms with Crippen LogP contribution in [0.3, 0.4) is 0 Å². The molecule has 0 aromatic heterocycles. The molecule has 2 nitrogen and oxygen atoms in total. The van der Waals surface area contributed by atoms with Crippen LogP contribution in [-0.4, -0.2) is 5.75 Å². The van der Waals surface area contributed by atoms with Crippen LogP contribution >= 0.6 is 11.8 Å². The van der Waals surface area contributed by atoms with Crippen molar-refractivity contribution in [1.82, 2.24) is 0 Å². The molecule has 0 heterocycles. The van der Waals surface area contributed by atoms with Crippen LogP contribution in [0.1, 0.15) is 12.5 Å². The summed E-state index contributed by atoms with van der Waals surface area (Å²) in [5.74, 6) is 1.42. The zero-order chi connectivity index (χ0) is 10.4. The molecule has 3 heteroatoms. The van der Waals surface area contributed by atoms with E-state index < -0.39 is 0 Å². The summed E-state index contributed by atoms with van der Waals surface area (Å²) < 4.78 is 0. The Morgan fingerprint density at radius 3 is 2.64 bits per heavy atom. The predicted octanol–water partition coefficient (Wildman–Crippen LogP) is 2.66. The van der Waals surface area contributed by atoms with Crippen LogP contribution in [0.2, 0.25) is 0 Å². The lowest BCUT2D eigenvalue weighted by molar-refractivity contribution is 0.660. The lowest BCUT2D eigenvalue weighted by Gasteiger charge is -2.08. The highest BCUT2D eigenvalue weighted by atomic mass is 32.2. The zero-order valence-electron chi connectivity index (χ0n) is 8.23. The molecule has 0 fully saturated rings.